The van der Waals surface area contributed by atoms with Gasteiger partial charge in [0.1, 0.15) is 0 Å². The monoisotopic (exact) mass is 284 g/mol. The van der Waals surface area contributed by atoms with E-state index in [1.54, 1.807) is 6.20 Å². The molecule has 0 aliphatic heterocycles. The summed E-state index contributed by atoms with van der Waals surface area (Å²) < 4.78 is 0. The van der Waals surface area contributed by atoms with Crippen molar-refractivity contribution in [2.75, 3.05) is 5.32 Å². The predicted molar refractivity (Wildman–Crippen MR) is 83.9 cm³/mol. The minimum Gasteiger partial charge on any atom is -0.351 e. The van der Waals surface area contributed by atoms with Gasteiger partial charge in [0, 0.05) is 30.2 Å². The lowest BCUT2D eigenvalue weighted by atomic mass is 10.1. The Morgan fingerprint density at radius 2 is 1.76 bits per heavy atom. The highest BCUT2D eigenvalue weighted by molar-refractivity contribution is 5.87. The number of anilines is 1. The number of hydrogen-bond acceptors (Lipinski definition) is 3. The van der Waals surface area contributed by atoms with E-state index in [4.69, 9.17) is 5.73 Å². The van der Waals surface area contributed by atoms with Crippen molar-refractivity contribution in [2.24, 2.45) is 5.73 Å². The molecule has 2 amide bonds. The summed E-state index contributed by atoms with van der Waals surface area (Å²) in [5, 5.41) is 6.07. The van der Waals surface area contributed by atoms with E-state index in [0.29, 0.717) is 5.69 Å². The summed E-state index contributed by atoms with van der Waals surface area (Å²) in [6.07, 6.45) is 3.63. The molecule has 5 nitrogen and oxygen atoms in total. The third-order valence-corrected chi connectivity index (χ3v) is 3.36. The molecule has 2 unspecified atom stereocenters. The van der Waals surface area contributed by atoms with Gasteiger partial charge in [-0.2, -0.15) is 0 Å². The summed E-state index contributed by atoms with van der Waals surface area (Å²) in [6, 6.07) is 11.4. The minimum absolute atomic E-state index is 0.183. The first-order valence-electron chi connectivity index (χ1n) is 6.88. The Kier molecular flexibility index (Phi) is 4.90. The van der Waals surface area contributed by atoms with Crippen molar-refractivity contribution in [3.63, 3.8) is 0 Å². The second kappa shape index (κ2) is 6.85. The van der Waals surface area contributed by atoms with Crippen LogP contribution in [0.3, 0.4) is 0 Å². The zero-order valence-electron chi connectivity index (χ0n) is 12.2. The summed E-state index contributed by atoms with van der Waals surface area (Å²) in [7, 11) is 0. The van der Waals surface area contributed by atoms with Crippen molar-refractivity contribution < 1.29 is 4.79 Å². The van der Waals surface area contributed by atoms with Crippen LogP contribution in [0.25, 0.3) is 0 Å². The largest absolute Gasteiger partial charge is 0.351 e. The van der Waals surface area contributed by atoms with E-state index in [9.17, 15) is 4.79 Å². The van der Waals surface area contributed by atoms with Crippen molar-refractivity contribution in [2.45, 2.75) is 25.9 Å². The van der Waals surface area contributed by atoms with Gasteiger partial charge >= 0.3 is 6.03 Å². The third kappa shape index (κ3) is 4.29. The molecule has 1 aromatic heterocycles. The first-order valence-corrected chi connectivity index (χ1v) is 6.88. The van der Waals surface area contributed by atoms with Gasteiger partial charge in [-0.3, -0.25) is 4.98 Å². The first-order chi connectivity index (χ1) is 10.1. The number of primary amides is 1. The average Bonchev–Trinajstić information content (AvgIpc) is 2.48. The molecule has 2 atom stereocenters. The molecule has 0 aliphatic rings. The van der Waals surface area contributed by atoms with Crippen molar-refractivity contribution in [1.29, 1.82) is 0 Å². The van der Waals surface area contributed by atoms with Crippen LogP contribution >= 0.6 is 0 Å². The lowest BCUT2D eigenvalue weighted by Crippen LogP contribution is -2.22. The van der Waals surface area contributed by atoms with Gasteiger partial charge in [-0.25, -0.2) is 4.79 Å². The number of hydrogen-bond donors (Lipinski definition) is 3. The number of pyridine rings is 1. The van der Waals surface area contributed by atoms with Crippen molar-refractivity contribution in [1.82, 2.24) is 10.3 Å². The normalized spacial score (nSPS) is 13.4. The molecule has 2 aromatic rings. The van der Waals surface area contributed by atoms with E-state index in [-0.39, 0.29) is 12.1 Å². The minimum atomic E-state index is -0.556. The molecule has 0 radical (unpaired) electrons. The van der Waals surface area contributed by atoms with E-state index in [1.165, 1.54) is 0 Å². The molecular formula is C16H20N4O. The van der Waals surface area contributed by atoms with Crippen LogP contribution in [0.5, 0.6) is 0 Å². The van der Waals surface area contributed by atoms with Crippen LogP contribution in [0.4, 0.5) is 10.5 Å². The fourth-order valence-electron chi connectivity index (χ4n) is 2.20. The molecule has 0 spiro atoms. The number of nitrogens with one attached hydrogen (secondary N) is 2. The number of benzene rings is 1. The Morgan fingerprint density at radius 3 is 2.33 bits per heavy atom. The van der Waals surface area contributed by atoms with Crippen LogP contribution in [0.1, 0.15) is 37.1 Å². The Balaban J connectivity index is 2.00. The van der Waals surface area contributed by atoms with Gasteiger partial charge in [0.2, 0.25) is 0 Å². The Labute approximate surface area is 124 Å². The number of amides is 2. The highest BCUT2D eigenvalue weighted by atomic mass is 16.2. The maximum atomic E-state index is 10.8. The zero-order chi connectivity index (χ0) is 15.2. The molecule has 21 heavy (non-hydrogen) atoms. The van der Waals surface area contributed by atoms with Gasteiger partial charge in [-0.05, 0) is 43.2 Å². The van der Waals surface area contributed by atoms with Crippen molar-refractivity contribution >= 4 is 11.7 Å². The van der Waals surface area contributed by atoms with Gasteiger partial charge < -0.3 is 16.4 Å². The molecule has 0 saturated carbocycles. The van der Waals surface area contributed by atoms with Gasteiger partial charge in [-0.1, -0.05) is 18.2 Å². The highest BCUT2D eigenvalue weighted by Gasteiger charge is 2.11. The van der Waals surface area contributed by atoms with Crippen LogP contribution in [-0.4, -0.2) is 11.0 Å². The smallest absolute Gasteiger partial charge is 0.316 e. The van der Waals surface area contributed by atoms with Crippen molar-refractivity contribution in [3.8, 4) is 0 Å². The average molecular weight is 284 g/mol. The molecule has 110 valence electrons. The topological polar surface area (TPSA) is 80.0 Å². The summed E-state index contributed by atoms with van der Waals surface area (Å²) in [6.45, 7) is 4.21. The summed E-state index contributed by atoms with van der Waals surface area (Å²) in [5.41, 5.74) is 8.07. The number of aromatic nitrogens is 1. The van der Waals surface area contributed by atoms with Crippen LogP contribution in [0, 0.1) is 0 Å². The second-order valence-corrected chi connectivity index (χ2v) is 5.01. The SMILES string of the molecule is CC(NC(C)c1cccnc1)c1ccc(NC(N)=O)cc1. The molecular weight excluding hydrogens is 264 g/mol. The number of carbonyl (C=O) groups is 1. The zero-order valence-corrected chi connectivity index (χ0v) is 12.2. The summed E-state index contributed by atoms with van der Waals surface area (Å²) in [4.78, 5) is 14.9. The molecule has 5 heteroatoms. The maximum Gasteiger partial charge on any atom is 0.316 e. The number of nitrogens with zero attached hydrogens (tertiary/aromatic N) is 1. The van der Waals surface area contributed by atoms with Gasteiger partial charge in [0.15, 0.2) is 0 Å². The first kappa shape index (κ1) is 15.0. The van der Waals surface area contributed by atoms with Gasteiger partial charge in [0.25, 0.3) is 0 Å². The van der Waals surface area contributed by atoms with Crippen LogP contribution in [-0.2, 0) is 0 Å². The molecule has 0 fully saturated rings. The van der Waals surface area contributed by atoms with Gasteiger partial charge in [0.05, 0.1) is 0 Å². The third-order valence-electron chi connectivity index (χ3n) is 3.36. The lowest BCUT2D eigenvalue weighted by molar-refractivity contribution is 0.259. The number of urea groups is 1. The fourth-order valence-corrected chi connectivity index (χ4v) is 2.20. The molecule has 2 rings (SSSR count). The van der Waals surface area contributed by atoms with E-state index in [0.717, 1.165) is 11.1 Å². The Bertz CT molecular complexity index is 583. The quantitative estimate of drug-likeness (QED) is 0.789. The standard InChI is InChI=1S/C16H20N4O/c1-11(19-12(2)14-4-3-9-18-10-14)13-5-7-15(8-6-13)20-16(17)21/h3-12,19H,1-2H3,(H3,17,20,21). The molecule has 1 aromatic carbocycles. The highest BCUT2D eigenvalue weighted by Crippen LogP contribution is 2.20. The summed E-state index contributed by atoms with van der Waals surface area (Å²) in [5.74, 6) is 0. The number of rotatable bonds is 5. The van der Waals surface area contributed by atoms with E-state index >= 15 is 0 Å². The molecule has 1 heterocycles. The van der Waals surface area contributed by atoms with Crippen LogP contribution in [0.2, 0.25) is 0 Å². The van der Waals surface area contributed by atoms with Crippen LogP contribution in [0.15, 0.2) is 48.8 Å². The maximum absolute atomic E-state index is 10.8. The lowest BCUT2D eigenvalue weighted by Gasteiger charge is -2.20. The predicted octanol–water partition coefficient (Wildman–Crippen LogP) is 2.98. The molecule has 0 aliphatic carbocycles. The van der Waals surface area contributed by atoms with Gasteiger partial charge in [-0.15, -0.1) is 0 Å². The van der Waals surface area contributed by atoms with E-state index < -0.39 is 6.03 Å². The number of carbonyl (C=O) groups excluding carboxylic acids is 1. The summed E-state index contributed by atoms with van der Waals surface area (Å²) >= 11 is 0. The van der Waals surface area contributed by atoms with E-state index in [1.807, 2.05) is 36.5 Å². The molecule has 0 saturated heterocycles. The van der Waals surface area contributed by atoms with Crippen LogP contribution < -0.4 is 16.4 Å². The van der Waals surface area contributed by atoms with Crippen molar-refractivity contribution in [3.05, 3.63) is 59.9 Å². The molecule has 0 bridgehead atoms. The second-order valence-electron chi connectivity index (χ2n) is 5.01. The Hall–Kier alpha value is -2.40. The van der Waals surface area contributed by atoms with E-state index in [2.05, 4.69) is 35.5 Å². The molecule has 4 N–H and O–H groups in total. The Morgan fingerprint density at radius 1 is 1.10 bits per heavy atom. The number of nitrogens with two attached hydrogens (primary N) is 1. The fraction of sp³-hybridized carbons (Fsp3) is 0.250.